The van der Waals surface area contributed by atoms with Gasteiger partial charge in [-0.3, -0.25) is 4.90 Å². The highest BCUT2D eigenvalue weighted by Gasteiger charge is 2.34. The van der Waals surface area contributed by atoms with Gasteiger partial charge in [0.2, 0.25) is 0 Å². The van der Waals surface area contributed by atoms with E-state index in [2.05, 4.69) is 54.4 Å². The average molecular weight is 275 g/mol. The van der Waals surface area contributed by atoms with Gasteiger partial charge in [0, 0.05) is 31.2 Å². The molecular formula is C17H29N3. The normalized spacial score (nSPS) is 25.6. The smallest absolute Gasteiger partial charge is 0.0435 e. The molecule has 2 rings (SSSR count). The number of nitrogens with two attached hydrogens (primary N) is 1. The van der Waals surface area contributed by atoms with Gasteiger partial charge in [-0.1, -0.05) is 37.3 Å². The van der Waals surface area contributed by atoms with E-state index in [1.165, 1.54) is 24.9 Å². The summed E-state index contributed by atoms with van der Waals surface area (Å²) in [5.74, 6) is 0. The predicted octanol–water partition coefficient (Wildman–Crippen LogP) is 2.37. The second-order valence-corrected chi connectivity index (χ2v) is 6.24. The Morgan fingerprint density at radius 3 is 2.75 bits per heavy atom. The van der Waals surface area contributed by atoms with Crippen LogP contribution in [0.3, 0.4) is 0 Å². The molecule has 20 heavy (non-hydrogen) atoms. The molecule has 2 unspecified atom stereocenters. The fourth-order valence-electron chi connectivity index (χ4n) is 3.17. The Balaban J connectivity index is 1.99. The summed E-state index contributed by atoms with van der Waals surface area (Å²) in [5, 5.41) is 3.78. The standard InChI is InChI=1S/C17H29N3/c1-3-15(2)19-17(13-18)10-7-11-20(14-17)12-16-8-5-4-6-9-16/h4-6,8-9,15,19H,3,7,10-14,18H2,1-2H3. The van der Waals surface area contributed by atoms with Gasteiger partial charge in [0.05, 0.1) is 0 Å². The first kappa shape index (κ1) is 15.5. The fraction of sp³-hybridized carbons (Fsp3) is 0.647. The van der Waals surface area contributed by atoms with Gasteiger partial charge in [0.1, 0.15) is 0 Å². The van der Waals surface area contributed by atoms with Crippen molar-refractivity contribution in [2.75, 3.05) is 19.6 Å². The molecule has 0 saturated carbocycles. The lowest BCUT2D eigenvalue weighted by Crippen LogP contribution is -2.62. The Kier molecular flexibility index (Phi) is 5.58. The predicted molar refractivity (Wildman–Crippen MR) is 85.6 cm³/mol. The summed E-state index contributed by atoms with van der Waals surface area (Å²) in [6, 6.07) is 11.3. The Labute approximate surface area is 123 Å². The minimum Gasteiger partial charge on any atom is -0.329 e. The lowest BCUT2D eigenvalue weighted by Gasteiger charge is -2.44. The summed E-state index contributed by atoms with van der Waals surface area (Å²) in [5.41, 5.74) is 7.60. The van der Waals surface area contributed by atoms with Crippen LogP contribution in [0, 0.1) is 0 Å². The highest BCUT2D eigenvalue weighted by molar-refractivity contribution is 5.15. The molecule has 3 nitrogen and oxygen atoms in total. The van der Waals surface area contributed by atoms with Crippen molar-refractivity contribution in [2.24, 2.45) is 5.73 Å². The number of nitrogens with one attached hydrogen (secondary N) is 1. The van der Waals surface area contributed by atoms with E-state index in [1.807, 2.05) is 0 Å². The largest absolute Gasteiger partial charge is 0.329 e. The molecule has 1 aliphatic heterocycles. The van der Waals surface area contributed by atoms with Gasteiger partial charge in [-0.15, -0.1) is 0 Å². The Bertz CT molecular complexity index is 392. The number of likely N-dealkylation sites (tertiary alicyclic amines) is 1. The van der Waals surface area contributed by atoms with Crippen molar-refractivity contribution >= 4 is 0 Å². The van der Waals surface area contributed by atoms with Gasteiger partial charge in [0.15, 0.2) is 0 Å². The summed E-state index contributed by atoms with van der Waals surface area (Å²) in [6.45, 7) is 8.48. The zero-order chi connectivity index (χ0) is 14.4. The van der Waals surface area contributed by atoms with E-state index in [1.54, 1.807) is 0 Å². The first-order valence-corrected chi connectivity index (χ1v) is 7.91. The van der Waals surface area contributed by atoms with Crippen LogP contribution in [0.15, 0.2) is 30.3 Å². The van der Waals surface area contributed by atoms with Crippen molar-refractivity contribution in [2.45, 2.75) is 51.2 Å². The minimum atomic E-state index is 0.0997. The van der Waals surface area contributed by atoms with E-state index in [-0.39, 0.29) is 5.54 Å². The van der Waals surface area contributed by atoms with E-state index in [0.717, 1.165) is 26.1 Å². The molecule has 0 aliphatic carbocycles. The van der Waals surface area contributed by atoms with Crippen LogP contribution in [0.2, 0.25) is 0 Å². The van der Waals surface area contributed by atoms with Gasteiger partial charge in [-0.2, -0.15) is 0 Å². The van der Waals surface area contributed by atoms with Crippen LogP contribution in [0.1, 0.15) is 38.7 Å². The lowest BCUT2D eigenvalue weighted by atomic mass is 9.87. The van der Waals surface area contributed by atoms with Gasteiger partial charge >= 0.3 is 0 Å². The van der Waals surface area contributed by atoms with Gasteiger partial charge < -0.3 is 11.1 Å². The number of rotatable bonds is 6. The maximum atomic E-state index is 6.11. The van der Waals surface area contributed by atoms with Crippen LogP contribution in [-0.4, -0.2) is 36.1 Å². The maximum Gasteiger partial charge on any atom is 0.0435 e. The van der Waals surface area contributed by atoms with E-state index < -0.39 is 0 Å². The quantitative estimate of drug-likeness (QED) is 0.837. The van der Waals surface area contributed by atoms with Crippen molar-refractivity contribution in [1.29, 1.82) is 0 Å². The molecule has 0 aromatic heterocycles. The number of hydrogen-bond donors (Lipinski definition) is 2. The van der Waals surface area contributed by atoms with Crippen molar-refractivity contribution < 1.29 is 0 Å². The highest BCUT2D eigenvalue weighted by Crippen LogP contribution is 2.23. The number of nitrogens with zero attached hydrogens (tertiary/aromatic N) is 1. The molecule has 0 amide bonds. The third kappa shape index (κ3) is 4.05. The van der Waals surface area contributed by atoms with Crippen LogP contribution in [0.5, 0.6) is 0 Å². The second-order valence-electron chi connectivity index (χ2n) is 6.24. The van der Waals surface area contributed by atoms with Crippen LogP contribution in [-0.2, 0) is 6.54 Å². The third-order valence-electron chi connectivity index (χ3n) is 4.46. The molecule has 1 saturated heterocycles. The molecule has 3 N–H and O–H groups in total. The Hall–Kier alpha value is -0.900. The number of benzene rings is 1. The first-order chi connectivity index (χ1) is 9.67. The molecule has 0 spiro atoms. The first-order valence-electron chi connectivity index (χ1n) is 7.91. The van der Waals surface area contributed by atoms with Gasteiger partial charge in [-0.05, 0) is 38.3 Å². The maximum absolute atomic E-state index is 6.11. The van der Waals surface area contributed by atoms with Gasteiger partial charge in [0.25, 0.3) is 0 Å². The molecule has 2 atom stereocenters. The van der Waals surface area contributed by atoms with E-state index in [4.69, 9.17) is 5.73 Å². The molecule has 1 aliphatic rings. The van der Waals surface area contributed by atoms with Crippen LogP contribution >= 0.6 is 0 Å². The SMILES string of the molecule is CCC(C)NC1(CN)CCCN(Cc2ccccc2)C1. The summed E-state index contributed by atoms with van der Waals surface area (Å²) in [4.78, 5) is 2.54. The zero-order valence-electron chi connectivity index (χ0n) is 12.9. The summed E-state index contributed by atoms with van der Waals surface area (Å²) in [6.07, 6.45) is 3.58. The van der Waals surface area contributed by atoms with Crippen molar-refractivity contribution in [3.05, 3.63) is 35.9 Å². The summed E-state index contributed by atoms with van der Waals surface area (Å²) in [7, 11) is 0. The zero-order valence-corrected chi connectivity index (χ0v) is 12.9. The van der Waals surface area contributed by atoms with Crippen molar-refractivity contribution in [3.8, 4) is 0 Å². The fourth-order valence-corrected chi connectivity index (χ4v) is 3.17. The van der Waals surface area contributed by atoms with Crippen LogP contribution in [0.4, 0.5) is 0 Å². The Morgan fingerprint density at radius 2 is 2.10 bits per heavy atom. The van der Waals surface area contributed by atoms with Crippen molar-refractivity contribution in [1.82, 2.24) is 10.2 Å². The molecule has 112 valence electrons. The number of hydrogen-bond acceptors (Lipinski definition) is 3. The topological polar surface area (TPSA) is 41.3 Å². The second kappa shape index (κ2) is 7.21. The number of piperidine rings is 1. The molecule has 0 bridgehead atoms. The molecule has 1 heterocycles. The van der Waals surface area contributed by atoms with Gasteiger partial charge in [-0.25, -0.2) is 0 Å². The highest BCUT2D eigenvalue weighted by atomic mass is 15.2. The summed E-state index contributed by atoms with van der Waals surface area (Å²) >= 11 is 0. The average Bonchev–Trinajstić information content (AvgIpc) is 2.48. The van der Waals surface area contributed by atoms with Crippen LogP contribution < -0.4 is 11.1 Å². The molecule has 1 aromatic rings. The third-order valence-corrected chi connectivity index (χ3v) is 4.46. The van der Waals surface area contributed by atoms with Crippen molar-refractivity contribution in [3.63, 3.8) is 0 Å². The summed E-state index contributed by atoms with van der Waals surface area (Å²) < 4.78 is 0. The lowest BCUT2D eigenvalue weighted by molar-refractivity contribution is 0.111. The van der Waals surface area contributed by atoms with E-state index >= 15 is 0 Å². The van der Waals surface area contributed by atoms with E-state index in [0.29, 0.717) is 6.04 Å². The van der Waals surface area contributed by atoms with E-state index in [9.17, 15) is 0 Å². The molecule has 3 heteroatoms. The minimum absolute atomic E-state index is 0.0997. The molecule has 0 radical (unpaired) electrons. The van der Waals surface area contributed by atoms with Crippen LogP contribution in [0.25, 0.3) is 0 Å². The molecule has 1 fully saturated rings. The molecule has 1 aromatic carbocycles. The monoisotopic (exact) mass is 275 g/mol. The Morgan fingerprint density at radius 1 is 1.35 bits per heavy atom. The molecular weight excluding hydrogens is 246 g/mol.